The number of para-hydroxylation sites is 2. The van der Waals surface area contributed by atoms with Crippen LogP contribution in [-0.4, -0.2) is 49.6 Å². The summed E-state index contributed by atoms with van der Waals surface area (Å²) < 4.78 is 5.14. The molecule has 2 heterocycles. The van der Waals surface area contributed by atoms with E-state index in [2.05, 4.69) is 5.32 Å². The number of ether oxygens (including phenoxy) is 1. The maximum absolute atomic E-state index is 13.2. The van der Waals surface area contributed by atoms with Crippen LogP contribution in [0, 0.1) is 5.92 Å². The number of carbonyl (C=O) groups excluding carboxylic acids is 3. The third-order valence-electron chi connectivity index (χ3n) is 5.40. The minimum atomic E-state index is -0.971. The average molecular weight is 374 g/mol. The molecular formula is C20H28N3O4+. The van der Waals surface area contributed by atoms with Crippen LogP contribution in [0.1, 0.15) is 33.6 Å². The summed E-state index contributed by atoms with van der Waals surface area (Å²) in [6.45, 7) is 7.36. The van der Waals surface area contributed by atoms with Gasteiger partial charge in [-0.1, -0.05) is 12.1 Å². The lowest BCUT2D eigenvalue weighted by molar-refractivity contribution is -0.899. The van der Waals surface area contributed by atoms with E-state index < -0.39 is 5.54 Å². The van der Waals surface area contributed by atoms with Crippen LogP contribution in [0.3, 0.4) is 0 Å². The van der Waals surface area contributed by atoms with Gasteiger partial charge in [0, 0.05) is 0 Å². The monoisotopic (exact) mass is 374 g/mol. The molecular weight excluding hydrogens is 346 g/mol. The molecule has 1 aromatic rings. The molecule has 2 aliphatic rings. The smallest absolute Gasteiger partial charge is 0.314 e. The number of hydrogen-bond donors (Lipinski definition) is 2. The molecule has 1 fully saturated rings. The van der Waals surface area contributed by atoms with Gasteiger partial charge in [0.2, 0.25) is 5.91 Å². The zero-order valence-corrected chi connectivity index (χ0v) is 16.2. The van der Waals surface area contributed by atoms with Gasteiger partial charge in [-0.15, -0.1) is 0 Å². The van der Waals surface area contributed by atoms with Crippen LogP contribution < -0.4 is 15.1 Å². The number of hydrogen-bond acceptors (Lipinski definition) is 4. The molecule has 146 valence electrons. The van der Waals surface area contributed by atoms with E-state index in [4.69, 9.17) is 4.74 Å². The quantitative estimate of drug-likeness (QED) is 0.757. The van der Waals surface area contributed by atoms with E-state index >= 15 is 0 Å². The second-order valence-electron chi connectivity index (χ2n) is 7.73. The number of amides is 2. The second kappa shape index (κ2) is 7.68. The Kier molecular flexibility index (Phi) is 5.51. The highest BCUT2D eigenvalue weighted by Crippen LogP contribution is 2.36. The van der Waals surface area contributed by atoms with Gasteiger partial charge in [-0.2, -0.15) is 0 Å². The lowest BCUT2D eigenvalue weighted by atomic mass is 9.95. The van der Waals surface area contributed by atoms with Crippen LogP contribution >= 0.6 is 0 Å². The Morgan fingerprint density at radius 1 is 1.33 bits per heavy atom. The van der Waals surface area contributed by atoms with Crippen molar-refractivity contribution >= 4 is 29.2 Å². The van der Waals surface area contributed by atoms with Crippen LogP contribution in [0.25, 0.3) is 0 Å². The second-order valence-corrected chi connectivity index (χ2v) is 7.73. The number of fused-ring (bicyclic) bond motifs is 1. The number of benzene rings is 1. The summed E-state index contributed by atoms with van der Waals surface area (Å²) in [5, 5.41) is 2.87. The summed E-state index contributed by atoms with van der Waals surface area (Å²) in [6, 6.07) is 7.34. The molecule has 7 nitrogen and oxygen atoms in total. The highest BCUT2D eigenvalue weighted by atomic mass is 16.5. The molecule has 7 heteroatoms. The molecule has 2 atom stereocenters. The molecule has 2 N–H and O–H groups in total. The first-order chi connectivity index (χ1) is 12.8. The molecule has 0 bridgehead atoms. The molecule has 1 unspecified atom stereocenters. The number of rotatable bonds is 4. The van der Waals surface area contributed by atoms with Crippen LogP contribution in [0.4, 0.5) is 11.4 Å². The molecule has 0 spiro atoms. The highest BCUT2D eigenvalue weighted by Gasteiger charge is 2.44. The van der Waals surface area contributed by atoms with E-state index in [1.807, 2.05) is 18.2 Å². The molecule has 3 rings (SSSR count). The molecule has 0 radical (unpaired) electrons. The Hall–Kier alpha value is -2.41. The van der Waals surface area contributed by atoms with Gasteiger partial charge in [-0.3, -0.25) is 19.3 Å². The van der Waals surface area contributed by atoms with Crippen molar-refractivity contribution in [3.8, 4) is 0 Å². The van der Waals surface area contributed by atoms with E-state index in [0.29, 0.717) is 24.5 Å². The van der Waals surface area contributed by atoms with Crippen molar-refractivity contribution in [2.75, 3.05) is 36.5 Å². The molecule has 0 aromatic heterocycles. The van der Waals surface area contributed by atoms with Crippen LogP contribution in [0.15, 0.2) is 24.3 Å². The SMILES string of the molecule is CCOC(=O)[C@H]1CCC[NH+](CC(=O)N2c3ccccc3NC(=O)C2(C)C)C1. The first kappa shape index (κ1) is 19.4. The van der Waals surface area contributed by atoms with Crippen molar-refractivity contribution < 1.29 is 24.0 Å². The van der Waals surface area contributed by atoms with Gasteiger partial charge < -0.3 is 15.0 Å². The third kappa shape index (κ3) is 3.83. The number of nitrogens with zero attached hydrogens (tertiary/aromatic N) is 1. The zero-order valence-electron chi connectivity index (χ0n) is 16.2. The van der Waals surface area contributed by atoms with Gasteiger partial charge in [0.25, 0.3) is 5.91 Å². The largest absolute Gasteiger partial charge is 0.466 e. The summed E-state index contributed by atoms with van der Waals surface area (Å²) in [5.74, 6) is -0.647. The lowest BCUT2D eigenvalue weighted by Gasteiger charge is -2.42. The fourth-order valence-corrected chi connectivity index (χ4v) is 3.96. The summed E-state index contributed by atoms with van der Waals surface area (Å²) in [4.78, 5) is 40.4. The Bertz CT molecular complexity index is 746. The average Bonchev–Trinajstić information content (AvgIpc) is 2.63. The van der Waals surface area contributed by atoms with Crippen LogP contribution in [0.5, 0.6) is 0 Å². The Morgan fingerprint density at radius 2 is 2.07 bits per heavy atom. The van der Waals surface area contributed by atoms with E-state index in [1.54, 1.807) is 31.7 Å². The predicted octanol–water partition coefficient (Wildman–Crippen LogP) is 0.608. The van der Waals surface area contributed by atoms with E-state index in [9.17, 15) is 14.4 Å². The summed E-state index contributed by atoms with van der Waals surface area (Å²) in [5.41, 5.74) is 0.389. The Morgan fingerprint density at radius 3 is 2.81 bits per heavy atom. The Balaban J connectivity index is 1.77. The van der Waals surface area contributed by atoms with Crippen LogP contribution in [0.2, 0.25) is 0 Å². The van der Waals surface area contributed by atoms with Gasteiger partial charge in [0.15, 0.2) is 6.54 Å². The van der Waals surface area contributed by atoms with Crippen molar-refractivity contribution in [3.05, 3.63) is 24.3 Å². The van der Waals surface area contributed by atoms with E-state index in [-0.39, 0.29) is 30.2 Å². The number of likely N-dealkylation sites (tertiary alicyclic amines) is 1. The maximum Gasteiger partial charge on any atom is 0.314 e. The number of quaternary nitrogens is 1. The number of nitrogens with one attached hydrogen (secondary N) is 2. The van der Waals surface area contributed by atoms with Crippen molar-refractivity contribution in [2.24, 2.45) is 5.92 Å². The normalized spacial score (nSPS) is 24.0. The standard InChI is InChI=1S/C20H27N3O4/c1-4-27-18(25)14-8-7-11-22(12-14)13-17(24)23-16-10-6-5-9-15(16)21-19(26)20(23,2)3/h5-6,9-10,14H,4,7-8,11-13H2,1-3H3,(H,21,26)/p+1/t14-/m0/s1. The molecule has 0 aliphatic carbocycles. The summed E-state index contributed by atoms with van der Waals surface area (Å²) >= 11 is 0. The minimum absolute atomic E-state index is 0.109. The zero-order chi connectivity index (χ0) is 19.6. The van der Waals surface area contributed by atoms with Crippen LogP contribution in [-0.2, 0) is 19.1 Å². The minimum Gasteiger partial charge on any atom is -0.466 e. The summed E-state index contributed by atoms with van der Waals surface area (Å²) in [6.07, 6.45) is 1.68. The van der Waals surface area contributed by atoms with E-state index in [1.165, 1.54) is 0 Å². The molecule has 2 amide bonds. The molecule has 1 aromatic carbocycles. The molecule has 27 heavy (non-hydrogen) atoms. The first-order valence-electron chi connectivity index (χ1n) is 9.58. The van der Waals surface area contributed by atoms with Gasteiger partial charge in [-0.05, 0) is 45.7 Å². The third-order valence-corrected chi connectivity index (χ3v) is 5.40. The van der Waals surface area contributed by atoms with E-state index in [0.717, 1.165) is 24.3 Å². The fourth-order valence-electron chi connectivity index (χ4n) is 3.96. The van der Waals surface area contributed by atoms with Gasteiger partial charge in [-0.25, -0.2) is 0 Å². The first-order valence-corrected chi connectivity index (χ1v) is 9.58. The number of carbonyl (C=O) groups is 3. The number of piperidine rings is 1. The fraction of sp³-hybridized carbons (Fsp3) is 0.550. The highest BCUT2D eigenvalue weighted by molar-refractivity contribution is 6.14. The van der Waals surface area contributed by atoms with Crippen molar-refractivity contribution in [1.82, 2.24) is 0 Å². The van der Waals surface area contributed by atoms with Crippen molar-refractivity contribution in [1.29, 1.82) is 0 Å². The molecule has 2 aliphatic heterocycles. The lowest BCUT2D eigenvalue weighted by Crippen LogP contribution is -3.15. The molecule has 0 saturated carbocycles. The summed E-state index contributed by atoms with van der Waals surface area (Å²) in [7, 11) is 0. The van der Waals surface area contributed by atoms with Gasteiger partial charge in [0.1, 0.15) is 11.5 Å². The Labute approximate surface area is 159 Å². The predicted molar refractivity (Wildman–Crippen MR) is 102 cm³/mol. The molecule has 1 saturated heterocycles. The van der Waals surface area contributed by atoms with Crippen molar-refractivity contribution in [3.63, 3.8) is 0 Å². The van der Waals surface area contributed by atoms with Crippen molar-refractivity contribution in [2.45, 2.75) is 39.2 Å². The number of esters is 1. The van der Waals surface area contributed by atoms with Gasteiger partial charge >= 0.3 is 5.97 Å². The topological polar surface area (TPSA) is 80.2 Å². The maximum atomic E-state index is 13.2. The number of anilines is 2. The van der Waals surface area contributed by atoms with Gasteiger partial charge in [0.05, 0.1) is 31.1 Å².